The van der Waals surface area contributed by atoms with E-state index in [1.54, 1.807) is 11.8 Å². The average molecular weight is 370 g/mol. The van der Waals surface area contributed by atoms with Crippen LogP contribution in [-0.2, 0) is 16.6 Å². The second-order valence-corrected chi connectivity index (χ2v) is 9.49. The van der Waals surface area contributed by atoms with Crippen LogP contribution in [-0.4, -0.2) is 30.6 Å². The first-order chi connectivity index (χ1) is 9.77. The monoisotopic (exact) mass is 369 g/mol. The summed E-state index contributed by atoms with van der Waals surface area (Å²) in [6.45, 7) is 2.06. The van der Waals surface area contributed by atoms with Crippen LogP contribution in [0, 0.1) is 0 Å². The van der Waals surface area contributed by atoms with E-state index in [4.69, 9.17) is 23.2 Å². The Balaban J connectivity index is 2.23. The van der Waals surface area contributed by atoms with Crippen LogP contribution in [0.15, 0.2) is 17.0 Å². The Bertz CT molecular complexity index is 629. The Morgan fingerprint density at radius 1 is 1.38 bits per heavy atom. The number of hydrogen-bond donors (Lipinski definition) is 2. The summed E-state index contributed by atoms with van der Waals surface area (Å²) >= 11 is 13.6. The van der Waals surface area contributed by atoms with Crippen LogP contribution < -0.4 is 4.72 Å². The van der Waals surface area contributed by atoms with Crippen molar-refractivity contribution < 1.29 is 13.5 Å². The summed E-state index contributed by atoms with van der Waals surface area (Å²) in [5.74, 6) is 1.05. The second kappa shape index (κ2) is 6.64. The zero-order chi connectivity index (χ0) is 15.7. The quantitative estimate of drug-likeness (QED) is 0.836. The summed E-state index contributed by atoms with van der Waals surface area (Å²) in [6.07, 6.45) is 2.08. The lowest BCUT2D eigenvalue weighted by atomic mass is 10.1. The van der Waals surface area contributed by atoms with Crippen molar-refractivity contribution in [2.45, 2.75) is 36.0 Å². The van der Waals surface area contributed by atoms with Crippen molar-refractivity contribution in [1.82, 2.24) is 4.72 Å². The molecule has 1 atom stereocenters. The van der Waals surface area contributed by atoms with E-state index in [1.807, 2.05) is 0 Å². The predicted octanol–water partition coefficient (Wildman–Crippen LogP) is 3.05. The number of hydrogen-bond acceptors (Lipinski definition) is 4. The van der Waals surface area contributed by atoms with Crippen LogP contribution >= 0.6 is 35.0 Å². The molecule has 21 heavy (non-hydrogen) atoms. The standard InChI is InChI=1S/C13H17Cl2NO3S2/c1-13(3-2-4-20-13)8-16-21(18,19)12-5-9(7-17)10(14)6-11(12)15/h5-6,16-17H,2-4,7-8H2,1H3. The molecule has 2 N–H and O–H groups in total. The highest BCUT2D eigenvalue weighted by molar-refractivity contribution is 8.01. The van der Waals surface area contributed by atoms with Crippen LogP contribution in [0.1, 0.15) is 25.3 Å². The molecule has 1 saturated heterocycles. The first-order valence-corrected chi connectivity index (χ1v) is 9.72. The van der Waals surface area contributed by atoms with Gasteiger partial charge in [-0.2, -0.15) is 11.8 Å². The number of thioether (sulfide) groups is 1. The highest BCUT2D eigenvalue weighted by Gasteiger charge is 2.31. The Hall–Kier alpha value is 0.0200. The van der Waals surface area contributed by atoms with Gasteiger partial charge in [0.15, 0.2) is 0 Å². The normalized spacial score (nSPS) is 22.7. The molecule has 0 saturated carbocycles. The lowest BCUT2D eigenvalue weighted by molar-refractivity contribution is 0.281. The number of sulfonamides is 1. The lowest BCUT2D eigenvalue weighted by Crippen LogP contribution is -2.36. The third-order valence-corrected chi connectivity index (χ3v) is 7.25. The molecular formula is C13H17Cl2NO3S2. The molecule has 4 nitrogen and oxygen atoms in total. The number of benzene rings is 1. The van der Waals surface area contributed by atoms with Crippen LogP contribution in [0.3, 0.4) is 0 Å². The fourth-order valence-corrected chi connectivity index (χ4v) is 5.56. The van der Waals surface area contributed by atoms with E-state index in [2.05, 4.69) is 11.6 Å². The first-order valence-electron chi connectivity index (χ1n) is 6.50. The molecule has 0 bridgehead atoms. The third-order valence-electron chi connectivity index (χ3n) is 3.50. The van der Waals surface area contributed by atoms with E-state index in [0.29, 0.717) is 12.1 Å². The van der Waals surface area contributed by atoms with Gasteiger partial charge in [0.1, 0.15) is 4.90 Å². The van der Waals surface area contributed by atoms with Gasteiger partial charge < -0.3 is 5.11 Å². The summed E-state index contributed by atoms with van der Waals surface area (Å²) < 4.78 is 27.3. The lowest BCUT2D eigenvalue weighted by Gasteiger charge is -2.23. The summed E-state index contributed by atoms with van der Waals surface area (Å²) in [6, 6.07) is 2.66. The SMILES string of the molecule is CC1(CNS(=O)(=O)c2cc(CO)c(Cl)cc2Cl)CCCS1. The van der Waals surface area contributed by atoms with Gasteiger partial charge in [-0.1, -0.05) is 23.2 Å². The topological polar surface area (TPSA) is 66.4 Å². The molecule has 1 aliphatic rings. The number of halogens is 2. The molecule has 118 valence electrons. The van der Waals surface area contributed by atoms with E-state index >= 15 is 0 Å². The fourth-order valence-electron chi connectivity index (χ4n) is 2.20. The molecule has 1 aromatic rings. The van der Waals surface area contributed by atoms with Gasteiger partial charge in [0.05, 0.1) is 11.6 Å². The number of rotatable bonds is 5. The zero-order valence-corrected chi connectivity index (χ0v) is 14.7. The third kappa shape index (κ3) is 4.06. The Labute approximate surface area is 139 Å². The van der Waals surface area contributed by atoms with Gasteiger partial charge in [-0.15, -0.1) is 0 Å². The van der Waals surface area contributed by atoms with Gasteiger partial charge in [-0.05, 0) is 43.2 Å². The Kier molecular flexibility index (Phi) is 5.50. The van der Waals surface area contributed by atoms with Crippen LogP contribution in [0.2, 0.25) is 10.0 Å². The van der Waals surface area contributed by atoms with E-state index in [9.17, 15) is 13.5 Å². The molecule has 0 aliphatic carbocycles. The molecule has 1 aromatic carbocycles. The van der Waals surface area contributed by atoms with Crippen molar-refractivity contribution >= 4 is 45.0 Å². The number of aliphatic hydroxyl groups is 1. The van der Waals surface area contributed by atoms with Gasteiger partial charge in [-0.3, -0.25) is 0 Å². The highest BCUT2D eigenvalue weighted by Crippen LogP contribution is 2.37. The van der Waals surface area contributed by atoms with Gasteiger partial charge >= 0.3 is 0 Å². The molecule has 1 fully saturated rings. The molecule has 0 radical (unpaired) electrons. The molecule has 1 unspecified atom stereocenters. The fraction of sp³-hybridized carbons (Fsp3) is 0.538. The van der Waals surface area contributed by atoms with Crippen molar-refractivity contribution in [2.24, 2.45) is 0 Å². The van der Waals surface area contributed by atoms with Crippen molar-refractivity contribution in [1.29, 1.82) is 0 Å². The Morgan fingerprint density at radius 3 is 2.67 bits per heavy atom. The molecule has 8 heteroatoms. The van der Waals surface area contributed by atoms with Gasteiger partial charge in [0.25, 0.3) is 0 Å². The van der Waals surface area contributed by atoms with Gasteiger partial charge in [-0.25, -0.2) is 13.1 Å². The molecule has 0 spiro atoms. The summed E-state index contributed by atoms with van der Waals surface area (Å²) in [5.41, 5.74) is 0.336. The zero-order valence-electron chi connectivity index (χ0n) is 11.5. The maximum atomic E-state index is 12.4. The van der Waals surface area contributed by atoms with Gasteiger partial charge in [0.2, 0.25) is 10.0 Å². The van der Waals surface area contributed by atoms with Crippen molar-refractivity contribution in [2.75, 3.05) is 12.3 Å². The van der Waals surface area contributed by atoms with Crippen molar-refractivity contribution in [3.8, 4) is 0 Å². The molecule has 1 heterocycles. The van der Waals surface area contributed by atoms with Crippen LogP contribution in [0.25, 0.3) is 0 Å². The minimum absolute atomic E-state index is 0.0499. The summed E-state index contributed by atoms with van der Waals surface area (Å²) in [7, 11) is -3.73. The minimum atomic E-state index is -3.73. The summed E-state index contributed by atoms with van der Waals surface area (Å²) in [4.78, 5) is -0.0517. The number of nitrogens with one attached hydrogen (secondary N) is 1. The number of aliphatic hydroxyl groups excluding tert-OH is 1. The summed E-state index contributed by atoms with van der Waals surface area (Å²) in [5, 5.41) is 9.50. The van der Waals surface area contributed by atoms with Crippen LogP contribution in [0.5, 0.6) is 0 Å². The largest absolute Gasteiger partial charge is 0.392 e. The molecule has 1 aliphatic heterocycles. The van der Waals surface area contributed by atoms with E-state index in [-0.39, 0.29) is 26.3 Å². The second-order valence-electron chi connectivity index (χ2n) is 5.26. The molecule has 0 amide bonds. The Morgan fingerprint density at radius 2 is 2.10 bits per heavy atom. The molecular weight excluding hydrogens is 353 g/mol. The smallest absolute Gasteiger partial charge is 0.242 e. The molecule has 2 rings (SSSR count). The first kappa shape index (κ1) is 17.4. The minimum Gasteiger partial charge on any atom is -0.392 e. The maximum Gasteiger partial charge on any atom is 0.242 e. The van der Waals surface area contributed by atoms with E-state index < -0.39 is 10.0 Å². The van der Waals surface area contributed by atoms with E-state index in [1.165, 1.54) is 12.1 Å². The maximum absolute atomic E-state index is 12.4. The van der Waals surface area contributed by atoms with Gasteiger partial charge in [0, 0.05) is 16.3 Å². The van der Waals surface area contributed by atoms with Crippen molar-refractivity contribution in [3.05, 3.63) is 27.7 Å². The average Bonchev–Trinajstić information content (AvgIpc) is 2.84. The molecule has 0 aromatic heterocycles. The van der Waals surface area contributed by atoms with Crippen molar-refractivity contribution in [3.63, 3.8) is 0 Å². The van der Waals surface area contributed by atoms with Crippen LogP contribution in [0.4, 0.5) is 0 Å². The van der Waals surface area contributed by atoms with E-state index in [0.717, 1.165) is 18.6 Å². The highest BCUT2D eigenvalue weighted by atomic mass is 35.5. The predicted molar refractivity (Wildman–Crippen MR) is 87.7 cm³/mol.